The van der Waals surface area contributed by atoms with E-state index < -0.39 is 53.9 Å². The number of anilines is 1. The molecule has 0 aromatic heterocycles. The summed E-state index contributed by atoms with van der Waals surface area (Å²) in [5, 5.41) is 47.7. The molecule has 11 nitrogen and oxygen atoms in total. The van der Waals surface area contributed by atoms with Gasteiger partial charge >= 0.3 is 0 Å². The highest BCUT2D eigenvalue weighted by molar-refractivity contribution is 6.02. The Morgan fingerprint density at radius 2 is 1.91 bits per heavy atom. The van der Waals surface area contributed by atoms with Crippen molar-refractivity contribution in [2.75, 3.05) is 12.5 Å². The quantitative estimate of drug-likeness (QED) is 0.280. The van der Waals surface area contributed by atoms with E-state index in [1.165, 1.54) is 18.2 Å². The molecule has 0 radical (unpaired) electrons. The van der Waals surface area contributed by atoms with Gasteiger partial charge in [0.25, 0.3) is 11.8 Å². The number of carbonyl (C=O) groups is 2. The predicted octanol–water partition coefficient (Wildman–Crippen LogP) is -1.21. The van der Waals surface area contributed by atoms with Gasteiger partial charge in [-0.05, 0) is 29.8 Å². The Morgan fingerprint density at radius 1 is 1.12 bits per heavy atom. The number of rotatable bonds is 2. The minimum absolute atomic E-state index is 0.00892. The van der Waals surface area contributed by atoms with E-state index in [1.807, 2.05) is 0 Å². The summed E-state index contributed by atoms with van der Waals surface area (Å²) < 4.78 is 10.6. The van der Waals surface area contributed by atoms with E-state index >= 15 is 0 Å². The van der Waals surface area contributed by atoms with Crippen LogP contribution in [0.15, 0.2) is 30.3 Å². The van der Waals surface area contributed by atoms with Crippen molar-refractivity contribution in [2.45, 2.75) is 36.3 Å². The van der Waals surface area contributed by atoms with Gasteiger partial charge in [-0.2, -0.15) is 0 Å². The Balaban J connectivity index is 1.60. The molecule has 8 N–H and O–H groups in total. The van der Waals surface area contributed by atoms with Crippen LogP contribution in [0.1, 0.15) is 32.2 Å². The molecule has 0 bridgehead atoms. The molecule has 0 spiro atoms. The Morgan fingerprint density at radius 3 is 2.66 bits per heavy atom. The molecule has 32 heavy (non-hydrogen) atoms. The molecule has 1 fully saturated rings. The number of aliphatic hydroxyl groups is 3. The summed E-state index contributed by atoms with van der Waals surface area (Å²) in [6.45, 7) is -0.152. The molecule has 2 heterocycles. The smallest absolute Gasteiger partial charge is 0.255 e. The van der Waals surface area contributed by atoms with Crippen molar-refractivity contribution in [1.82, 2.24) is 10.6 Å². The second kappa shape index (κ2) is 7.26. The summed E-state index contributed by atoms with van der Waals surface area (Å²) in [6, 6.07) is 5.48. The Hall–Kier alpha value is -3.54. The lowest BCUT2D eigenvalue weighted by Gasteiger charge is -2.49. The van der Waals surface area contributed by atoms with E-state index in [0.717, 1.165) is 0 Å². The van der Waals surface area contributed by atoms with Crippen LogP contribution in [0.2, 0.25) is 0 Å². The highest BCUT2D eigenvalue weighted by Crippen LogP contribution is 2.50. The Kier molecular flexibility index (Phi) is 4.62. The standard InChI is InChI=1S/C21H21N3O8/c22-8-3-1-2-7(4-8)20(29)23-13-11-9-5-10-19(32-6-31-10)15(25)12(9)21(30)24-14(11)17(27)18(28)16(13)26/h1-5,11,13-14,16-18,25-28H,6,22H2,(H,23,29)(H,24,30)/t11-,13+,14+,16-,17-,18+/m0/s1. The maximum Gasteiger partial charge on any atom is 0.255 e. The van der Waals surface area contributed by atoms with Crippen LogP contribution in [0.3, 0.4) is 0 Å². The summed E-state index contributed by atoms with van der Waals surface area (Å²) in [5.41, 5.74) is 6.46. The van der Waals surface area contributed by atoms with Gasteiger partial charge in [-0.1, -0.05) is 6.07 Å². The Labute approximate surface area is 181 Å². The number of carbonyl (C=O) groups excluding carboxylic acids is 2. The average molecular weight is 443 g/mol. The second-order valence-electron chi connectivity index (χ2n) is 8.04. The van der Waals surface area contributed by atoms with Crippen molar-refractivity contribution in [3.8, 4) is 17.2 Å². The maximum atomic E-state index is 12.9. The zero-order valence-corrected chi connectivity index (χ0v) is 16.6. The number of ether oxygens (including phenoxy) is 2. The highest BCUT2D eigenvalue weighted by Gasteiger charge is 2.54. The zero-order chi connectivity index (χ0) is 22.7. The lowest BCUT2D eigenvalue weighted by Crippen LogP contribution is -2.69. The SMILES string of the molecule is Nc1cccc(C(=O)N[C@H]2[C@H](O)[C@@H](O)[C@@H](O)[C@@H]3NC(=O)c4c(cc5c(c4O)OCO5)[C@@H]23)c1. The van der Waals surface area contributed by atoms with E-state index in [1.54, 1.807) is 12.1 Å². The molecular weight excluding hydrogens is 422 g/mol. The normalized spacial score (nSPS) is 30.2. The van der Waals surface area contributed by atoms with Crippen LogP contribution in [0.25, 0.3) is 0 Å². The topological polar surface area (TPSA) is 184 Å². The molecule has 11 heteroatoms. The van der Waals surface area contributed by atoms with E-state index in [-0.39, 0.29) is 35.0 Å². The third kappa shape index (κ3) is 2.93. The van der Waals surface area contributed by atoms with Crippen LogP contribution in [0, 0.1) is 0 Å². The predicted molar refractivity (Wildman–Crippen MR) is 108 cm³/mol. The number of aliphatic hydroxyl groups excluding tert-OH is 3. The lowest BCUT2D eigenvalue weighted by atomic mass is 9.68. The molecule has 2 amide bonds. The fourth-order valence-electron chi connectivity index (χ4n) is 4.70. The van der Waals surface area contributed by atoms with Gasteiger partial charge in [-0.15, -0.1) is 0 Å². The van der Waals surface area contributed by atoms with Crippen LogP contribution in [0.5, 0.6) is 17.2 Å². The first-order valence-corrected chi connectivity index (χ1v) is 9.95. The number of hydrogen-bond acceptors (Lipinski definition) is 9. The van der Waals surface area contributed by atoms with Crippen molar-refractivity contribution in [2.24, 2.45) is 0 Å². The van der Waals surface area contributed by atoms with Crippen LogP contribution < -0.4 is 25.8 Å². The number of phenolic OH excluding ortho intramolecular Hbond substituents is 1. The minimum atomic E-state index is -1.65. The van der Waals surface area contributed by atoms with Gasteiger partial charge in [0.15, 0.2) is 11.5 Å². The molecule has 2 aromatic rings. The first-order valence-electron chi connectivity index (χ1n) is 9.95. The fraction of sp³-hybridized carbons (Fsp3) is 0.333. The third-order valence-corrected chi connectivity index (χ3v) is 6.21. The summed E-state index contributed by atoms with van der Waals surface area (Å²) >= 11 is 0. The first-order chi connectivity index (χ1) is 15.3. The lowest BCUT2D eigenvalue weighted by molar-refractivity contribution is -0.117. The van der Waals surface area contributed by atoms with Crippen molar-refractivity contribution >= 4 is 17.5 Å². The minimum Gasteiger partial charge on any atom is -0.504 e. The number of aromatic hydroxyl groups is 1. The number of nitrogen functional groups attached to an aromatic ring is 1. The molecule has 2 aromatic carbocycles. The number of amides is 2. The molecule has 0 unspecified atom stereocenters. The average Bonchev–Trinajstić information content (AvgIpc) is 3.24. The molecule has 3 aliphatic rings. The molecular formula is C21H21N3O8. The van der Waals surface area contributed by atoms with E-state index in [2.05, 4.69) is 10.6 Å². The van der Waals surface area contributed by atoms with Crippen LogP contribution in [-0.4, -0.2) is 69.4 Å². The maximum absolute atomic E-state index is 12.9. The fourth-order valence-corrected chi connectivity index (χ4v) is 4.70. The summed E-state index contributed by atoms with van der Waals surface area (Å²) in [7, 11) is 0. The highest BCUT2D eigenvalue weighted by atomic mass is 16.7. The van der Waals surface area contributed by atoms with Crippen LogP contribution in [0.4, 0.5) is 5.69 Å². The van der Waals surface area contributed by atoms with Gasteiger partial charge in [-0.3, -0.25) is 9.59 Å². The number of benzene rings is 2. The first kappa shape index (κ1) is 20.4. The van der Waals surface area contributed by atoms with E-state index in [0.29, 0.717) is 5.69 Å². The van der Waals surface area contributed by atoms with Gasteiger partial charge in [-0.25, -0.2) is 0 Å². The van der Waals surface area contributed by atoms with Gasteiger partial charge in [0, 0.05) is 17.2 Å². The number of nitrogens with two attached hydrogens (primary N) is 1. The van der Waals surface area contributed by atoms with E-state index in [9.17, 15) is 30.0 Å². The van der Waals surface area contributed by atoms with Gasteiger partial charge in [0.1, 0.15) is 18.3 Å². The largest absolute Gasteiger partial charge is 0.504 e. The van der Waals surface area contributed by atoms with Gasteiger partial charge in [0.05, 0.1) is 17.6 Å². The zero-order valence-electron chi connectivity index (χ0n) is 16.6. The van der Waals surface area contributed by atoms with Gasteiger partial charge < -0.3 is 46.3 Å². The molecule has 1 saturated carbocycles. The van der Waals surface area contributed by atoms with Gasteiger partial charge in [0.2, 0.25) is 12.5 Å². The number of nitrogens with one attached hydrogen (secondary N) is 2. The molecule has 6 atom stereocenters. The Bertz CT molecular complexity index is 1120. The molecule has 2 aliphatic heterocycles. The molecule has 1 aliphatic carbocycles. The summed E-state index contributed by atoms with van der Waals surface area (Å²) in [6.07, 6.45) is -4.75. The number of fused-ring (bicyclic) bond motifs is 4. The van der Waals surface area contributed by atoms with Crippen molar-refractivity contribution < 1.29 is 39.5 Å². The van der Waals surface area contributed by atoms with Crippen LogP contribution in [-0.2, 0) is 0 Å². The van der Waals surface area contributed by atoms with E-state index in [4.69, 9.17) is 15.2 Å². The van der Waals surface area contributed by atoms with Crippen LogP contribution >= 0.6 is 0 Å². The summed E-state index contributed by atoms with van der Waals surface area (Å²) in [4.78, 5) is 25.7. The monoisotopic (exact) mass is 443 g/mol. The second-order valence-corrected chi connectivity index (χ2v) is 8.04. The number of phenols is 1. The van der Waals surface area contributed by atoms with Crippen molar-refractivity contribution in [1.29, 1.82) is 0 Å². The van der Waals surface area contributed by atoms with Crippen molar-refractivity contribution in [3.63, 3.8) is 0 Å². The molecule has 0 saturated heterocycles. The molecule has 5 rings (SSSR count). The summed E-state index contributed by atoms with van der Waals surface area (Å²) in [5.74, 6) is -2.42. The molecule has 168 valence electrons. The van der Waals surface area contributed by atoms with Crippen molar-refractivity contribution in [3.05, 3.63) is 47.0 Å². The third-order valence-electron chi connectivity index (χ3n) is 6.21. The number of hydrogen-bond donors (Lipinski definition) is 7.